The summed E-state index contributed by atoms with van der Waals surface area (Å²) in [7, 11) is 0. The molecule has 0 radical (unpaired) electrons. The number of hydrogen-bond acceptors (Lipinski definition) is 7. The topological polar surface area (TPSA) is 84.1 Å². The summed E-state index contributed by atoms with van der Waals surface area (Å²) in [4.78, 5) is 19.4. The molecule has 4 rings (SSSR count). The molecule has 3 aromatic rings. The van der Waals surface area contributed by atoms with Crippen LogP contribution in [0.1, 0.15) is 5.82 Å². The van der Waals surface area contributed by atoms with Crippen molar-refractivity contribution in [3.63, 3.8) is 0 Å². The van der Waals surface area contributed by atoms with Gasteiger partial charge in [0.15, 0.2) is 17.5 Å². The number of halogens is 3. The molecule has 0 aliphatic carbocycles. The van der Waals surface area contributed by atoms with Crippen LogP contribution in [0.15, 0.2) is 18.6 Å². The summed E-state index contributed by atoms with van der Waals surface area (Å²) in [5, 5.41) is -0.433. The molecule has 2 aromatic heterocycles. The van der Waals surface area contributed by atoms with Crippen LogP contribution in [-0.2, 0) is 0 Å². The molecule has 7 nitrogen and oxygen atoms in total. The van der Waals surface area contributed by atoms with Crippen molar-refractivity contribution < 1.29 is 13.2 Å². The molecule has 1 fully saturated rings. The SMILES string of the molecule is Cc1nc(N)c2c(F)c(F)c(N3CCN(c4cnccn4)CC3)c(F)c2n1. The van der Waals surface area contributed by atoms with E-state index in [0.29, 0.717) is 18.9 Å². The van der Waals surface area contributed by atoms with Crippen molar-refractivity contribution in [3.05, 3.63) is 41.9 Å². The highest BCUT2D eigenvalue weighted by atomic mass is 19.2. The van der Waals surface area contributed by atoms with Gasteiger partial charge in [-0.3, -0.25) is 4.98 Å². The number of rotatable bonds is 2. The van der Waals surface area contributed by atoms with Gasteiger partial charge < -0.3 is 15.5 Å². The Bertz CT molecular complexity index is 1000. The number of nitrogen functional groups attached to an aromatic ring is 1. The number of nitrogens with zero attached hydrogens (tertiary/aromatic N) is 6. The fourth-order valence-electron chi connectivity index (χ4n) is 3.28. The third kappa shape index (κ3) is 2.86. The number of piperazine rings is 1. The Morgan fingerprint density at radius 2 is 1.63 bits per heavy atom. The first-order chi connectivity index (χ1) is 13.0. The quantitative estimate of drug-likeness (QED) is 0.687. The monoisotopic (exact) mass is 375 g/mol. The molecule has 0 bridgehead atoms. The van der Waals surface area contributed by atoms with Crippen molar-refractivity contribution in [3.8, 4) is 0 Å². The Balaban J connectivity index is 1.71. The van der Waals surface area contributed by atoms with Gasteiger partial charge in [0.1, 0.15) is 28.7 Å². The zero-order valence-corrected chi connectivity index (χ0v) is 14.5. The number of aryl methyl sites for hydroxylation is 1. The Labute approximate surface area is 152 Å². The average molecular weight is 375 g/mol. The van der Waals surface area contributed by atoms with Crippen LogP contribution in [0, 0.1) is 24.4 Å². The van der Waals surface area contributed by atoms with Crippen LogP contribution >= 0.6 is 0 Å². The minimum Gasteiger partial charge on any atom is -0.383 e. The molecule has 27 heavy (non-hydrogen) atoms. The van der Waals surface area contributed by atoms with Gasteiger partial charge in [0.05, 0.1) is 11.6 Å². The van der Waals surface area contributed by atoms with E-state index in [-0.39, 0.29) is 30.2 Å². The zero-order valence-electron chi connectivity index (χ0n) is 14.5. The van der Waals surface area contributed by atoms with Crippen molar-refractivity contribution in [1.82, 2.24) is 19.9 Å². The van der Waals surface area contributed by atoms with Crippen molar-refractivity contribution in [2.24, 2.45) is 0 Å². The molecule has 10 heteroatoms. The van der Waals surface area contributed by atoms with E-state index >= 15 is 4.39 Å². The predicted octanol–water partition coefficient (Wildman–Crippen LogP) is 2.05. The number of fused-ring (bicyclic) bond motifs is 1. The smallest absolute Gasteiger partial charge is 0.186 e. The second-order valence-electron chi connectivity index (χ2n) is 6.21. The Kier molecular flexibility index (Phi) is 4.17. The van der Waals surface area contributed by atoms with Crippen LogP contribution in [-0.4, -0.2) is 46.1 Å². The predicted molar refractivity (Wildman–Crippen MR) is 95.0 cm³/mol. The summed E-state index contributed by atoms with van der Waals surface area (Å²) in [5.41, 5.74) is 4.90. The molecule has 1 aromatic carbocycles. The van der Waals surface area contributed by atoms with E-state index in [1.54, 1.807) is 18.6 Å². The van der Waals surface area contributed by atoms with Crippen molar-refractivity contribution >= 4 is 28.2 Å². The Morgan fingerprint density at radius 1 is 0.926 bits per heavy atom. The lowest BCUT2D eigenvalue weighted by atomic mass is 10.1. The van der Waals surface area contributed by atoms with E-state index in [9.17, 15) is 8.78 Å². The standard InChI is InChI=1S/C17H16F3N7/c1-9-24-15-11(17(21)25-9)12(18)13(19)16(14(15)20)27-6-4-26(5-7-27)10-8-22-2-3-23-10/h2-3,8H,4-7H2,1H3,(H2,21,24,25). The molecule has 0 atom stereocenters. The molecular weight excluding hydrogens is 359 g/mol. The zero-order chi connectivity index (χ0) is 19.1. The van der Waals surface area contributed by atoms with E-state index in [1.165, 1.54) is 11.8 Å². The molecule has 1 aliphatic heterocycles. The third-order valence-corrected chi connectivity index (χ3v) is 4.55. The summed E-state index contributed by atoms with van der Waals surface area (Å²) in [6.45, 7) is 3.00. The first-order valence-corrected chi connectivity index (χ1v) is 8.33. The first kappa shape index (κ1) is 17.3. The van der Waals surface area contributed by atoms with Crippen LogP contribution < -0.4 is 15.5 Å². The van der Waals surface area contributed by atoms with Gasteiger partial charge in [-0.1, -0.05) is 0 Å². The van der Waals surface area contributed by atoms with Gasteiger partial charge in [-0.15, -0.1) is 0 Å². The lowest BCUT2D eigenvalue weighted by Gasteiger charge is -2.36. The van der Waals surface area contributed by atoms with Gasteiger partial charge in [-0.2, -0.15) is 0 Å². The maximum absolute atomic E-state index is 15.0. The fourth-order valence-corrected chi connectivity index (χ4v) is 3.28. The number of aromatic nitrogens is 4. The van der Waals surface area contributed by atoms with Crippen LogP contribution in [0.3, 0.4) is 0 Å². The first-order valence-electron chi connectivity index (χ1n) is 8.33. The molecular formula is C17H16F3N7. The van der Waals surface area contributed by atoms with E-state index < -0.39 is 28.5 Å². The molecule has 2 N–H and O–H groups in total. The second kappa shape index (κ2) is 6.53. The highest BCUT2D eigenvalue weighted by molar-refractivity contribution is 5.92. The lowest BCUT2D eigenvalue weighted by Crippen LogP contribution is -2.47. The Morgan fingerprint density at radius 3 is 2.30 bits per heavy atom. The van der Waals surface area contributed by atoms with Crippen LogP contribution in [0.25, 0.3) is 10.9 Å². The molecule has 140 valence electrons. The summed E-state index contributed by atoms with van der Waals surface area (Å²) in [6.07, 6.45) is 4.76. The highest BCUT2D eigenvalue weighted by Gasteiger charge is 2.29. The largest absolute Gasteiger partial charge is 0.383 e. The van der Waals surface area contributed by atoms with Crippen molar-refractivity contribution in [2.75, 3.05) is 41.7 Å². The molecule has 1 saturated heterocycles. The number of hydrogen-bond donors (Lipinski definition) is 1. The van der Waals surface area contributed by atoms with Crippen LogP contribution in [0.2, 0.25) is 0 Å². The second-order valence-corrected chi connectivity index (χ2v) is 6.21. The van der Waals surface area contributed by atoms with Crippen molar-refractivity contribution in [1.29, 1.82) is 0 Å². The molecule has 1 aliphatic rings. The summed E-state index contributed by atoms with van der Waals surface area (Å²) in [6, 6.07) is 0. The average Bonchev–Trinajstić information content (AvgIpc) is 2.67. The van der Waals surface area contributed by atoms with Gasteiger partial charge in [-0.05, 0) is 6.92 Å². The minimum atomic E-state index is -1.29. The van der Waals surface area contributed by atoms with Crippen LogP contribution in [0.5, 0.6) is 0 Å². The van der Waals surface area contributed by atoms with Gasteiger partial charge in [-0.25, -0.2) is 28.1 Å². The molecule has 0 spiro atoms. The maximum Gasteiger partial charge on any atom is 0.186 e. The van der Waals surface area contributed by atoms with E-state index in [2.05, 4.69) is 19.9 Å². The number of benzene rings is 1. The summed E-state index contributed by atoms with van der Waals surface area (Å²) >= 11 is 0. The molecule has 3 heterocycles. The number of nitrogens with two attached hydrogens (primary N) is 1. The van der Waals surface area contributed by atoms with E-state index in [1.807, 2.05) is 4.90 Å². The molecule has 0 saturated carbocycles. The highest BCUT2D eigenvalue weighted by Crippen LogP contribution is 2.35. The van der Waals surface area contributed by atoms with Gasteiger partial charge in [0.2, 0.25) is 0 Å². The van der Waals surface area contributed by atoms with Crippen LogP contribution in [0.4, 0.5) is 30.5 Å². The summed E-state index contributed by atoms with van der Waals surface area (Å²) in [5.74, 6) is -2.88. The molecule has 0 amide bonds. The lowest BCUT2D eigenvalue weighted by molar-refractivity contribution is 0.496. The minimum absolute atomic E-state index is 0.184. The normalized spacial score (nSPS) is 14.8. The van der Waals surface area contributed by atoms with Crippen molar-refractivity contribution in [2.45, 2.75) is 6.92 Å². The van der Waals surface area contributed by atoms with Gasteiger partial charge >= 0.3 is 0 Å². The Hall–Kier alpha value is -3.17. The van der Waals surface area contributed by atoms with Gasteiger partial charge in [0.25, 0.3) is 0 Å². The maximum atomic E-state index is 15.0. The molecule has 0 unspecified atom stereocenters. The third-order valence-electron chi connectivity index (χ3n) is 4.55. The number of anilines is 3. The summed E-state index contributed by atoms with van der Waals surface area (Å²) < 4.78 is 44.3. The van der Waals surface area contributed by atoms with Gasteiger partial charge in [0, 0.05) is 38.6 Å². The van der Waals surface area contributed by atoms with E-state index in [0.717, 1.165) is 0 Å². The van der Waals surface area contributed by atoms with E-state index in [4.69, 9.17) is 5.73 Å². The fraction of sp³-hybridized carbons (Fsp3) is 0.294.